The molecule has 2 bridgehead atoms. The summed E-state index contributed by atoms with van der Waals surface area (Å²) in [6.45, 7) is 2.28. The highest BCUT2D eigenvalue weighted by Crippen LogP contribution is 2.32. The lowest BCUT2D eigenvalue weighted by Gasteiger charge is -2.29. The highest BCUT2D eigenvalue weighted by molar-refractivity contribution is 5.69. The summed E-state index contributed by atoms with van der Waals surface area (Å²) in [6.07, 6.45) is 34.3. The summed E-state index contributed by atoms with van der Waals surface area (Å²) in [4.78, 5) is 12.7. The Labute approximate surface area is 207 Å². The van der Waals surface area contributed by atoms with Crippen LogP contribution in [0.15, 0.2) is 0 Å². The minimum absolute atomic E-state index is 0.0954. The van der Waals surface area contributed by atoms with E-state index in [0.717, 1.165) is 18.8 Å². The van der Waals surface area contributed by atoms with Crippen molar-refractivity contribution in [3.63, 3.8) is 0 Å². The van der Waals surface area contributed by atoms with Gasteiger partial charge in [0, 0.05) is 6.42 Å². The first-order valence-electron chi connectivity index (χ1n) is 15.5. The molecule has 0 N–H and O–H groups in total. The van der Waals surface area contributed by atoms with E-state index in [1.807, 2.05) is 0 Å². The molecule has 1 atom stereocenters. The minimum atomic E-state index is 0.0954. The van der Waals surface area contributed by atoms with Gasteiger partial charge in [-0.1, -0.05) is 135 Å². The average Bonchev–Trinajstić information content (AvgIpc) is 2.79. The summed E-state index contributed by atoms with van der Waals surface area (Å²) >= 11 is 0. The summed E-state index contributed by atoms with van der Waals surface area (Å²) in [6, 6.07) is 0. The van der Waals surface area contributed by atoms with Crippen molar-refractivity contribution in [1.82, 2.24) is 0 Å². The van der Waals surface area contributed by atoms with Crippen molar-refractivity contribution in [3.05, 3.63) is 0 Å². The van der Waals surface area contributed by atoms with E-state index < -0.39 is 0 Å². The number of hydrogen-bond donors (Lipinski definition) is 0. The van der Waals surface area contributed by atoms with E-state index >= 15 is 0 Å². The molecule has 3 aliphatic carbocycles. The van der Waals surface area contributed by atoms with E-state index in [2.05, 4.69) is 6.92 Å². The van der Waals surface area contributed by atoms with Gasteiger partial charge < -0.3 is 4.74 Å². The van der Waals surface area contributed by atoms with Gasteiger partial charge in [-0.25, -0.2) is 0 Å². The Balaban J connectivity index is 1.65. The molecular formula is C31H58O2. The molecule has 1 unspecified atom stereocenters. The van der Waals surface area contributed by atoms with Gasteiger partial charge in [0.05, 0.1) is 0 Å². The molecule has 0 spiro atoms. The van der Waals surface area contributed by atoms with Gasteiger partial charge in [0.15, 0.2) is 0 Å². The van der Waals surface area contributed by atoms with Crippen LogP contribution in [0.25, 0.3) is 0 Å². The molecule has 0 aliphatic heterocycles. The van der Waals surface area contributed by atoms with Crippen LogP contribution in [0.5, 0.6) is 0 Å². The van der Waals surface area contributed by atoms with Gasteiger partial charge in [0.2, 0.25) is 0 Å². The van der Waals surface area contributed by atoms with E-state index in [1.165, 1.54) is 148 Å². The fourth-order valence-corrected chi connectivity index (χ4v) is 6.31. The lowest BCUT2D eigenvalue weighted by atomic mass is 9.82. The van der Waals surface area contributed by atoms with Crippen molar-refractivity contribution in [2.24, 2.45) is 11.8 Å². The smallest absolute Gasteiger partial charge is 0.306 e. The van der Waals surface area contributed by atoms with Crippen molar-refractivity contribution >= 4 is 5.97 Å². The molecule has 0 aromatic carbocycles. The third-order valence-corrected chi connectivity index (χ3v) is 8.52. The molecular weight excluding hydrogens is 404 g/mol. The lowest BCUT2D eigenvalue weighted by Crippen LogP contribution is -2.28. The second kappa shape index (κ2) is 19.7. The number of carbonyl (C=O) groups is 1. The third kappa shape index (κ3) is 14.5. The minimum Gasteiger partial charge on any atom is -0.462 e. The van der Waals surface area contributed by atoms with Gasteiger partial charge in [-0.3, -0.25) is 4.79 Å². The molecule has 3 saturated carbocycles. The molecule has 2 heteroatoms. The van der Waals surface area contributed by atoms with Crippen LogP contribution in [0, 0.1) is 11.8 Å². The van der Waals surface area contributed by atoms with Crippen LogP contribution in [0.3, 0.4) is 0 Å². The molecule has 0 saturated heterocycles. The molecule has 0 aromatic rings. The van der Waals surface area contributed by atoms with Crippen LogP contribution in [-0.2, 0) is 9.53 Å². The van der Waals surface area contributed by atoms with Crippen molar-refractivity contribution in [3.8, 4) is 0 Å². The summed E-state index contributed by atoms with van der Waals surface area (Å²) in [5.41, 5.74) is 0. The van der Waals surface area contributed by atoms with E-state index in [0.29, 0.717) is 12.3 Å². The molecule has 0 radical (unpaired) electrons. The highest BCUT2D eigenvalue weighted by Gasteiger charge is 2.25. The SMILES string of the molecule is CCCCCCCCCCCCCC(=O)OC1CCCCC2CCCCCC1CCCCC2. The molecule has 2 nitrogen and oxygen atoms in total. The first-order valence-corrected chi connectivity index (χ1v) is 15.5. The first-order chi connectivity index (χ1) is 16.3. The molecule has 0 amide bonds. The Hall–Kier alpha value is -0.530. The predicted molar refractivity (Wildman–Crippen MR) is 143 cm³/mol. The molecule has 0 aromatic heterocycles. The third-order valence-electron chi connectivity index (χ3n) is 8.52. The van der Waals surface area contributed by atoms with Crippen LogP contribution in [0.4, 0.5) is 0 Å². The Kier molecular flexibility index (Phi) is 17.2. The zero-order valence-electron chi connectivity index (χ0n) is 22.4. The quantitative estimate of drug-likeness (QED) is 0.201. The monoisotopic (exact) mass is 462 g/mol. The topological polar surface area (TPSA) is 26.3 Å². The zero-order valence-corrected chi connectivity index (χ0v) is 22.4. The maximum Gasteiger partial charge on any atom is 0.306 e. The maximum atomic E-state index is 12.7. The number of fused-ring (bicyclic) bond motifs is 12. The van der Waals surface area contributed by atoms with Crippen LogP contribution in [0.1, 0.15) is 174 Å². The Morgan fingerprint density at radius 3 is 1.61 bits per heavy atom. The maximum absolute atomic E-state index is 12.7. The predicted octanol–water partition coefficient (Wildman–Crippen LogP) is 10.3. The van der Waals surface area contributed by atoms with E-state index in [-0.39, 0.29) is 12.1 Å². The van der Waals surface area contributed by atoms with Gasteiger partial charge in [-0.05, 0) is 43.9 Å². The Morgan fingerprint density at radius 2 is 1.03 bits per heavy atom. The summed E-state index contributed by atoms with van der Waals surface area (Å²) < 4.78 is 6.20. The lowest BCUT2D eigenvalue weighted by molar-refractivity contribution is -0.153. The standard InChI is InChI=1S/C31H58O2/c1-2-3-4-5-6-7-8-9-10-11-18-27-31(32)33-30-26-20-19-23-28-21-14-12-16-24-29(30)25-17-13-15-22-28/h28-30H,2-27H2,1H3. The van der Waals surface area contributed by atoms with Gasteiger partial charge in [-0.2, -0.15) is 0 Å². The fraction of sp³-hybridized carbons (Fsp3) is 0.968. The molecule has 0 heterocycles. The first kappa shape index (κ1) is 28.7. The van der Waals surface area contributed by atoms with Crippen LogP contribution >= 0.6 is 0 Å². The summed E-state index contributed by atoms with van der Waals surface area (Å²) in [5, 5.41) is 0. The number of rotatable bonds is 13. The van der Waals surface area contributed by atoms with Crippen LogP contribution < -0.4 is 0 Å². The normalized spacial score (nSPS) is 25.3. The summed E-state index contributed by atoms with van der Waals surface area (Å²) in [5.74, 6) is 1.67. The van der Waals surface area contributed by atoms with E-state index in [9.17, 15) is 4.79 Å². The molecule has 3 aliphatic rings. The van der Waals surface area contributed by atoms with E-state index in [1.54, 1.807) is 0 Å². The van der Waals surface area contributed by atoms with Crippen molar-refractivity contribution in [1.29, 1.82) is 0 Å². The molecule has 3 rings (SSSR count). The number of ether oxygens (including phenoxy) is 1. The Bertz CT molecular complexity index is 446. The second-order valence-corrected chi connectivity index (χ2v) is 11.5. The largest absolute Gasteiger partial charge is 0.462 e. The average molecular weight is 463 g/mol. The van der Waals surface area contributed by atoms with Gasteiger partial charge >= 0.3 is 5.97 Å². The number of esters is 1. The van der Waals surface area contributed by atoms with Gasteiger partial charge in [0.25, 0.3) is 0 Å². The highest BCUT2D eigenvalue weighted by atomic mass is 16.5. The zero-order chi connectivity index (χ0) is 23.4. The number of unbranched alkanes of at least 4 members (excludes halogenated alkanes) is 10. The van der Waals surface area contributed by atoms with Crippen molar-refractivity contribution in [2.75, 3.05) is 0 Å². The van der Waals surface area contributed by atoms with Crippen molar-refractivity contribution in [2.45, 2.75) is 180 Å². The number of hydrogen-bond acceptors (Lipinski definition) is 2. The second-order valence-electron chi connectivity index (χ2n) is 11.5. The molecule has 3 fully saturated rings. The van der Waals surface area contributed by atoms with Crippen LogP contribution in [-0.4, -0.2) is 12.1 Å². The van der Waals surface area contributed by atoms with Crippen LogP contribution in [0.2, 0.25) is 0 Å². The fourth-order valence-electron chi connectivity index (χ4n) is 6.31. The molecule has 194 valence electrons. The van der Waals surface area contributed by atoms with Crippen molar-refractivity contribution < 1.29 is 9.53 Å². The number of carbonyl (C=O) groups excluding carboxylic acids is 1. The van der Waals surface area contributed by atoms with E-state index in [4.69, 9.17) is 4.74 Å². The Morgan fingerprint density at radius 1 is 0.576 bits per heavy atom. The van der Waals surface area contributed by atoms with Gasteiger partial charge in [0.1, 0.15) is 6.10 Å². The summed E-state index contributed by atoms with van der Waals surface area (Å²) in [7, 11) is 0. The molecule has 33 heavy (non-hydrogen) atoms. The van der Waals surface area contributed by atoms with Gasteiger partial charge in [-0.15, -0.1) is 0 Å².